The van der Waals surface area contributed by atoms with Gasteiger partial charge in [-0.15, -0.1) is 0 Å². The molecule has 7 nitrogen and oxygen atoms in total. The van der Waals surface area contributed by atoms with E-state index in [1.807, 2.05) is 6.92 Å². The Bertz CT molecular complexity index is 820. The van der Waals surface area contributed by atoms with E-state index in [1.54, 1.807) is 6.92 Å². The third-order valence-electron chi connectivity index (χ3n) is 12.4. The van der Waals surface area contributed by atoms with Crippen molar-refractivity contribution in [3.8, 4) is 0 Å². The van der Waals surface area contributed by atoms with E-state index < -0.39 is 53.1 Å². The maximum absolute atomic E-state index is 12.4. The van der Waals surface area contributed by atoms with Crippen LogP contribution in [0.25, 0.3) is 0 Å². The Kier molecular flexibility index (Phi) is 8.00. The second-order valence-electron chi connectivity index (χ2n) is 14.6. The summed E-state index contributed by atoms with van der Waals surface area (Å²) >= 11 is 0. The van der Waals surface area contributed by atoms with Crippen LogP contribution >= 0.6 is 0 Å². The van der Waals surface area contributed by atoms with Gasteiger partial charge in [0.05, 0.1) is 41.7 Å². The van der Waals surface area contributed by atoms with Crippen molar-refractivity contribution in [2.45, 2.75) is 141 Å². The minimum absolute atomic E-state index is 0.00919. The quantitative estimate of drug-likeness (QED) is 0.270. The molecule has 0 aromatic heterocycles. The first-order valence-electron chi connectivity index (χ1n) is 14.9. The van der Waals surface area contributed by atoms with Crippen LogP contribution < -0.4 is 0 Å². The molecule has 216 valence electrons. The summed E-state index contributed by atoms with van der Waals surface area (Å²) in [5, 5.41) is 77.7. The minimum Gasteiger partial charge on any atom is -0.393 e. The van der Waals surface area contributed by atoms with Crippen LogP contribution in [0.4, 0.5) is 0 Å². The van der Waals surface area contributed by atoms with E-state index in [4.69, 9.17) is 0 Å². The molecule has 0 aromatic carbocycles. The highest BCUT2D eigenvalue weighted by molar-refractivity contribution is 5.23. The smallest absolute Gasteiger partial charge is 0.0987 e. The fourth-order valence-corrected chi connectivity index (χ4v) is 10.3. The number of aliphatic hydroxyl groups is 7. The first-order valence-corrected chi connectivity index (χ1v) is 14.9. The average Bonchev–Trinajstić information content (AvgIpc) is 3.07. The van der Waals surface area contributed by atoms with Gasteiger partial charge in [0.15, 0.2) is 0 Å². The molecule has 4 aliphatic carbocycles. The van der Waals surface area contributed by atoms with Crippen LogP contribution in [0.2, 0.25) is 0 Å². The molecule has 4 fully saturated rings. The summed E-state index contributed by atoms with van der Waals surface area (Å²) in [5.74, 6) is 0.0333. The Hall–Kier alpha value is -0.280. The third-order valence-corrected chi connectivity index (χ3v) is 12.4. The molecule has 0 unspecified atom stereocenters. The molecule has 0 aromatic rings. The van der Waals surface area contributed by atoms with E-state index in [-0.39, 0.29) is 47.8 Å². The van der Waals surface area contributed by atoms with Crippen LogP contribution in [-0.2, 0) is 0 Å². The van der Waals surface area contributed by atoms with E-state index in [0.717, 1.165) is 25.7 Å². The van der Waals surface area contributed by atoms with Crippen LogP contribution in [0.3, 0.4) is 0 Å². The molecular weight excluding hydrogens is 472 g/mol. The van der Waals surface area contributed by atoms with Gasteiger partial charge in [0.1, 0.15) is 0 Å². The number of rotatable bonds is 7. The Morgan fingerprint density at radius 1 is 0.865 bits per heavy atom. The second kappa shape index (κ2) is 9.97. The predicted octanol–water partition coefficient (Wildman–Crippen LogP) is 2.61. The molecule has 4 saturated carbocycles. The Labute approximate surface area is 223 Å². The standard InChI is InChI=1S/C30H54O7/c1-16(2)20(25(35)18(4)31)8-7-17(3)21-13-22(33)26-27(21,5)11-10-23-28(6)12-9-19(32)14-30(28,37)24(34)15-29(23,26)36/h16-26,31-37H,7-15H2,1-6H3/t17-,18+,19+,20+,21-,22+,23-,24-,25-,26-,27-,28-,29+,30+/m1/s1. The van der Waals surface area contributed by atoms with Crippen LogP contribution in [-0.4, -0.2) is 77.5 Å². The zero-order chi connectivity index (χ0) is 27.7. The van der Waals surface area contributed by atoms with Gasteiger partial charge in [-0.3, -0.25) is 0 Å². The summed E-state index contributed by atoms with van der Waals surface area (Å²) in [6.45, 7) is 12.2. The van der Waals surface area contributed by atoms with Gasteiger partial charge in [0.25, 0.3) is 0 Å². The Balaban J connectivity index is 1.58. The number of hydrogen-bond acceptors (Lipinski definition) is 7. The van der Waals surface area contributed by atoms with Crippen LogP contribution in [0.5, 0.6) is 0 Å². The first kappa shape index (κ1) is 29.7. The highest BCUT2D eigenvalue weighted by Crippen LogP contribution is 2.70. The lowest BCUT2D eigenvalue weighted by molar-refractivity contribution is -0.315. The predicted molar refractivity (Wildman–Crippen MR) is 141 cm³/mol. The number of fused-ring (bicyclic) bond motifs is 5. The van der Waals surface area contributed by atoms with Crippen LogP contribution in [0.1, 0.15) is 99.3 Å². The van der Waals surface area contributed by atoms with Gasteiger partial charge in [-0.05, 0) is 80.5 Å². The van der Waals surface area contributed by atoms with E-state index >= 15 is 0 Å². The molecule has 0 saturated heterocycles. The molecule has 7 heteroatoms. The lowest BCUT2D eigenvalue weighted by atomic mass is 9.40. The molecule has 7 N–H and O–H groups in total. The van der Waals surface area contributed by atoms with E-state index in [2.05, 4.69) is 27.7 Å². The van der Waals surface area contributed by atoms with Gasteiger partial charge >= 0.3 is 0 Å². The average molecular weight is 527 g/mol. The summed E-state index contributed by atoms with van der Waals surface area (Å²) in [4.78, 5) is 0. The molecule has 0 spiro atoms. The highest BCUT2D eigenvalue weighted by atomic mass is 16.4. The Morgan fingerprint density at radius 2 is 1.51 bits per heavy atom. The second-order valence-corrected chi connectivity index (χ2v) is 14.6. The fourth-order valence-electron chi connectivity index (χ4n) is 10.3. The van der Waals surface area contributed by atoms with Crippen molar-refractivity contribution in [1.29, 1.82) is 0 Å². The van der Waals surface area contributed by atoms with Crippen molar-refractivity contribution in [3.05, 3.63) is 0 Å². The van der Waals surface area contributed by atoms with Crippen molar-refractivity contribution in [2.75, 3.05) is 0 Å². The SMILES string of the molecule is CC(C)[C@H](CC[C@@H](C)[C@H]1C[C@H](O)[C@@H]2[C@]1(C)CC[C@H]1[C@@]2(O)C[C@@H](O)[C@@]2(O)C[C@@H](O)CC[C@]12C)[C@H](O)[C@H](C)O. The molecule has 0 bridgehead atoms. The summed E-state index contributed by atoms with van der Waals surface area (Å²) in [6.07, 6.45) is 0.980. The third kappa shape index (κ3) is 4.43. The first-order chi connectivity index (χ1) is 17.0. The zero-order valence-corrected chi connectivity index (χ0v) is 23.8. The van der Waals surface area contributed by atoms with Gasteiger partial charge in [-0.2, -0.15) is 0 Å². The van der Waals surface area contributed by atoms with Gasteiger partial charge in [0, 0.05) is 24.2 Å². The Morgan fingerprint density at radius 3 is 2.11 bits per heavy atom. The molecule has 0 radical (unpaired) electrons. The molecule has 0 heterocycles. The number of aliphatic hydroxyl groups excluding tert-OH is 5. The largest absolute Gasteiger partial charge is 0.393 e. The lowest BCUT2D eigenvalue weighted by Gasteiger charge is -2.68. The summed E-state index contributed by atoms with van der Waals surface area (Å²) < 4.78 is 0. The molecular formula is C30H54O7. The van der Waals surface area contributed by atoms with Gasteiger partial charge < -0.3 is 35.7 Å². The van der Waals surface area contributed by atoms with Crippen LogP contribution in [0.15, 0.2) is 0 Å². The normalized spacial score (nSPS) is 51.1. The molecule has 0 aliphatic heterocycles. The summed E-state index contributed by atoms with van der Waals surface area (Å²) in [6, 6.07) is 0. The summed E-state index contributed by atoms with van der Waals surface area (Å²) in [7, 11) is 0. The van der Waals surface area contributed by atoms with Crippen molar-refractivity contribution in [1.82, 2.24) is 0 Å². The number of hydrogen-bond donors (Lipinski definition) is 7. The maximum atomic E-state index is 12.4. The summed E-state index contributed by atoms with van der Waals surface area (Å²) in [5.41, 5.74) is -3.76. The lowest BCUT2D eigenvalue weighted by Crippen LogP contribution is -2.75. The minimum atomic E-state index is -1.44. The highest BCUT2D eigenvalue weighted by Gasteiger charge is 2.74. The van der Waals surface area contributed by atoms with Crippen molar-refractivity contribution >= 4 is 0 Å². The molecule has 4 rings (SSSR count). The maximum Gasteiger partial charge on any atom is 0.0987 e. The van der Waals surface area contributed by atoms with E-state index in [9.17, 15) is 35.7 Å². The fraction of sp³-hybridized carbons (Fsp3) is 1.00. The van der Waals surface area contributed by atoms with Crippen LogP contribution in [0, 0.1) is 46.3 Å². The topological polar surface area (TPSA) is 142 Å². The monoisotopic (exact) mass is 526 g/mol. The van der Waals surface area contributed by atoms with E-state index in [0.29, 0.717) is 19.3 Å². The molecule has 4 aliphatic rings. The van der Waals surface area contributed by atoms with Crippen molar-refractivity contribution < 1.29 is 35.7 Å². The van der Waals surface area contributed by atoms with Gasteiger partial charge in [-0.25, -0.2) is 0 Å². The van der Waals surface area contributed by atoms with Crippen molar-refractivity contribution in [3.63, 3.8) is 0 Å². The zero-order valence-electron chi connectivity index (χ0n) is 23.8. The molecule has 0 amide bonds. The van der Waals surface area contributed by atoms with E-state index in [1.165, 1.54) is 0 Å². The molecule has 37 heavy (non-hydrogen) atoms. The van der Waals surface area contributed by atoms with Crippen molar-refractivity contribution in [2.24, 2.45) is 46.3 Å². The van der Waals surface area contributed by atoms with Gasteiger partial charge in [0.2, 0.25) is 0 Å². The molecule has 14 atom stereocenters. The van der Waals surface area contributed by atoms with Gasteiger partial charge in [-0.1, -0.05) is 41.0 Å².